The van der Waals surface area contributed by atoms with E-state index in [1.807, 2.05) is 141 Å². The van der Waals surface area contributed by atoms with Crippen LogP contribution in [-0.2, 0) is 42.3 Å². The maximum Gasteiger partial charge on any atom is 0.407 e. The highest BCUT2D eigenvalue weighted by Gasteiger charge is 2.46. The summed E-state index contributed by atoms with van der Waals surface area (Å²) in [5, 5.41) is 20.1. The van der Waals surface area contributed by atoms with Gasteiger partial charge in [-0.2, -0.15) is 0 Å². The number of nitrogens with two attached hydrogens (primary N) is 13. The van der Waals surface area contributed by atoms with Gasteiger partial charge in [0.2, 0.25) is 0 Å². The topological polar surface area (TPSA) is 591 Å². The number of nitrogens with zero attached hydrogens (tertiary/aromatic N) is 9. The van der Waals surface area contributed by atoms with Crippen LogP contribution < -0.4 is 79.9 Å². The minimum atomic E-state index is -0.981. The second kappa shape index (κ2) is 32.3. The summed E-state index contributed by atoms with van der Waals surface area (Å²) in [5.74, 6) is -4.66. The number of hydrogen-bond acceptors (Lipinski definition) is 22. The molecule has 35 heteroatoms. The lowest BCUT2D eigenvalue weighted by Gasteiger charge is -2.18. The van der Waals surface area contributed by atoms with Gasteiger partial charge in [-0.1, -0.05) is 103 Å². The fourth-order valence-corrected chi connectivity index (χ4v) is 14.6. The molecule has 2 aliphatic carbocycles. The number of carbonyl (C=O) groups is 6. The van der Waals surface area contributed by atoms with Crippen LogP contribution in [0.1, 0.15) is 83.0 Å². The number of alkyl carbamates (subject to hydrolysis) is 1. The van der Waals surface area contributed by atoms with E-state index in [0.29, 0.717) is 78.3 Å². The van der Waals surface area contributed by atoms with Crippen LogP contribution in [0.15, 0.2) is 170 Å². The molecule has 29 N–H and O–H groups in total. The number of aliphatic hydroxyl groups excluding tert-OH is 1. The number of nitrogens with one attached hydrogen (secondary N) is 2. The largest absolute Gasteiger partial charge is 0.453 e. The molecule has 2 saturated carbocycles. The molecular weight excluding hydrogens is 1520 g/mol. The molecule has 0 spiro atoms. The van der Waals surface area contributed by atoms with Crippen LogP contribution in [0.25, 0.3) is 110 Å². The molecule has 2 fully saturated rings. The van der Waals surface area contributed by atoms with Crippen LogP contribution in [0.4, 0.5) is 42.7 Å². The molecule has 0 bridgehead atoms. The van der Waals surface area contributed by atoms with Gasteiger partial charge in [-0.3, -0.25) is 24.0 Å². The number of ether oxygens (including phenoxy) is 2. The van der Waals surface area contributed by atoms with Gasteiger partial charge >= 0.3 is 6.09 Å². The predicted molar refractivity (Wildman–Crippen MR) is 450 cm³/mol. The quantitative estimate of drug-likeness (QED) is 0.0375. The van der Waals surface area contributed by atoms with Gasteiger partial charge in [0, 0.05) is 104 Å². The normalized spacial score (nSPS) is 13.6. The molecule has 18 rings (SSSR count). The number of fused-ring (bicyclic) bond motifs is 15. The lowest BCUT2D eigenvalue weighted by Crippen LogP contribution is -2.40. The highest BCUT2D eigenvalue weighted by atomic mass is 19.2. The average Bonchev–Trinajstić information content (AvgIpc) is 1.60. The van der Waals surface area contributed by atoms with Crippen LogP contribution in [0, 0.1) is 11.6 Å². The summed E-state index contributed by atoms with van der Waals surface area (Å²) < 4.78 is 45.0. The van der Waals surface area contributed by atoms with E-state index in [1.165, 1.54) is 13.2 Å². The number of H-pyrrole nitrogens is 1. The first-order valence-electron chi connectivity index (χ1n) is 37.1. The number of aromatic amines is 1. The summed E-state index contributed by atoms with van der Waals surface area (Å²) in [6.45, 7) is 2.90. The van der Waals surface area contributed by atoms with E-state index in [0.717, 1.165) is 114 Å². The van der Waals surface area contributed by atoms with Crippen LogP contribution in [0.2, 0.25) is 0 Å². The van der Waals surface area contributed by atoms with E-state index in [2.05, 4.69) is 39.8 Å². The van der Waals surface area contributed by atoms with Crippen molar-refractivity contribution in [2.24, 2.45) is 45.9 Å². The van der Waals surface area contributed by atoms with E-state index >= 15 is 0 Å². The lowest BCUT2D eigenvalue weighted by molar-refractivity contribution is 0.0992. The standard InChI is InChI=1S/C22H23N5O2.C18H19N5O3.C16H17N5O.C15H17N5O2.C12H8F2N4O/c23-15(13-29-12-14-6-2-1-3-7-14)11-27-19-9-5-4-8-16(19)17-10-18(21(25)28)20(24)26-22(17)27;1-26-17(25)22-18(6-7-18)9-23-13-5-3-2-4-10(13)11-8-12(15(20)24)14(19)21-16(11)23;17-13-11(14(18)22)7-10-9-3-1-2-4-12(9)21(15(10)20-13)8-16(19)5-6-16;16-8(7-21)6-20-12-4-2-1-3-9(12)10-5-11(14(18)22)13(17)19-15(10)20;13-7-2-4-5-1-6(11(16)19)10(15)18-12(5)17-9(4)3-8(7)14/h1-10,15H,11-13,23H2,(H2,24,26)(H2,25,28);2-5,8H,6-7,9H2,1H3,(H2,19,21)(H2,20,24)(H,22,25);1-4,7H,5-6,8,19H2,(H2,17,20)(H2,18,22);1-5,8,21H,6-7,16H2,(H2,17,19)(H2,18,22);1-3H,(H2,16,19)(H3,15,17,18)/t15-;;;8-;/m1..1./s1. The molecule has 10 aromatic heterocycles. The number of anilines is 5. The molecule has 0 saturated heterocycles. The number of primary amides is 5. The summed E-state index contributed by atoms with van der Waals surface area (Å²) in [4.78, 5) is 93.6. The van der Waals surface area contributed by atoms with Crippen molar-refractivity contribution in [3.8, 4) is 0 Å². The Morgan fingerprint density at radius 1 is 0.458 bits per heavy atom. The maximum atomic E-state index is 13.3. The van der Waals surface area contributed by atoms with Gasteiger partial charge in [0.25, 0.3) is 29.5 Å². The first-order valence-corrected chi connectivity index (χ1v) is 37.1. The van der Waals surface area contributed by atoms with Crippen molar-refractivity contribution in [2.45, 2.75) is 81.6 Å². The molecule has 118 heavy (non-hydrogen) atoms. The average molecular weight is 1600 g/mol. The second-order valence-electron chi connectivity index (χ2n) is 29.2. The van der Waals surface area contributed by atoms with Gasteiger partial charge in [-0.15, -0.1) is 0 Å². The Bertz CT molecular complexity index is 6710. The number of aromatic nitrogens is 10. The first kappa shape index (κ1) is 80.0. The Balaban J connectivity index is 0.000000122. The van der Waals surface area contributed by atoms with Crippen LogP contribution in [0.3, 0.4) is 0 Å². The van der Waals surface area contributed by atoms with E-state index in [1.54, 1.807) is 24.3 Å². The van der Waals surface area contributed by atoms with Crippen molar-refractivity contribution in [3.63, 3.8) is 0 Å². The van der Waals surface area contributed by atoms with Crippen molar-refractivity contribution in [2.75, 3.05) is 49.0 Å². The molecule has 2 atom stereocenters. The van der Waals surface area contributed by atoms with Crippen molar-refractivity contribution in [1.29, 1.82) is 0 Å². The number of halogens is 2. The van der Waals surface area contributed by atoms with Gasteiger partial charge in [0.05, 0.1) is 87.9 Å². The van der Waals surface area contributed by atoms with Crippen molar-refractivity contribution < 1.29 is 52.1 Å². The second-order valence-corrected chi connectivity index (χ2v) is 29.2. The molecule has 0 aliphatic heterocycles. The van der Waals surface area contributed by atoms with Crippen LogP contribution in [-0.4, -0.2) is 132 Å². The van der Waals surface area contributed by atoms with E-state index < -0.39 is 53.3 Å². The van der Waals surface area contributed by atoms with Crippen molar-refractivity contribution in [1.82, 2.24) is 53.5 Å². The molecule has 6 aromatic carbocycles. The summed E-state index contributed by atoms with van der Waals surface area (Å²) in [6.07, 6.45) is 3.27. The maximum absolute atomic E-state index is 13.3. The minimum absolute atomic E-state index is 0.0347. The number of amides is 6. The van der Waals surface area contributed by atoms with Crippen molar-refractivity contribution >= 4 is 174 Å². The van der Waals surface area contributed by atoms with Gasteiger partial charge in [0.1, 0.15) is 57.3 Å². The van der Waals surface area contributed by atoms with Gasteiger partial charge in [-0.05, 0) is 91.9 Å². The Morgan fingerprint density at radius 3 is 1.20 bits per heavy atom. The number of para-hydroxylation sites is 4. The smallest absolute Gasteiger partial charge is 0.407 e. The number of pyridine rings is 5. The minimum Gasteiger partial charge on any atom is -0.453 e. The molecule has 604 valence electrons. The Kier molecular flexibility index (Phi) is 21.9. The number of methoxy groups -OCH3 is 1. The molecule has 0 radical (unpaired) electrons. The summed E-state index contributed by atoms with van der Waals surface area (Å²) in [6, 6.07) is 50.9. The summed E-state index contributed by atoms with van der Waals surface area (Å²) >= 11 is 0. The Labute approximate surface area is 668 Å². The molecule has 33 nitrogen and oxygen atoms in total. The number of benzene rings is 6. The fourth-order valence-electron chi connectivity index (χ4n) is 14.6. The number of rotatable bonds is 19. The molecule has 16 aromatic rings. The van der Waals surface area contributed by atoms with Gasteiger partial charge < -0.3 is 118 Å². The number of nitrogen functional groups attached to an aromatic ring is 5. The number of hydrogen-bond donors (Lipinski definition) is 16. The van der Waals surface area contributed by atoms with E-state index in [9.17, 15) is 42.7 Å². The summed E-state index contributed by atoms with van der Waals surface area (Å²) in [5.41, 5.74) is 83.2. The van der Waals surface area contributed by atoms with Gasteiger partial charge in [-0.25, -0.2) is 38.5 Å². The third-order valence-electron chi connectivity index (χ3n) is 20.8. The highest BCUT2D eigenvalue weighted by Crippen LogP contribution is 2.42. The van der Waals surface area contributed by atoms with Gasteiger partial charge in [0.15, 0.2) is 11.6 Å². The molecule has 6 amide bonds. The first-order chi connectivity index (χ1) is 56.5. The monoisotopic (exact) mass is 1600 g/mol. The number of carbonyl (C=O) groups excluding carboxylic acids is 6. The fraction of sp³-hybridized carbons (Fsp3) is 0.193. The van der Waals surface area contributed by atoms with Crippen LogP contribution in [0.5, 0.6) is 0 Å². The summed E-state index contributed by atoms with van der Waals surface area (Å²) in [7, 11) is 1.35. The molecule has 10 heterocycles. The molecule has 0 unspecified atom stereocenters. The SMILES string of the molecule is COC(=O)NC1(Cn2c3ccccc3c3cc(C(N)=O)c(N)nc32)CC1.NC(=O)c1cc2c(nc1N)[nH]c1cc(F)c(F)cc12.NC(=O)c1cc2c3ccccc3n(CC3(N)CC3)c2nc1N.NC(=O)c1cc2c3ccccc3n(C[C@@H](N)CO)c2nc1N.NC(=O)c1cc2c3ccccc3n(C[C@@H](N)COCc3ccccc3)c2nc1N. The zero-order chi connectivity index (χ0) is 83.9. The third-order valence-corrected chi connectivity index (χ3v) is 20.8. The van der Waals surface area contributed by atoms with E-state index in [4.69, 9.17) is 84.0 Å². The molecule has 2 aliphatic rings. The Hall–Kier alpha value is -14.7. The van der Waals surface area contributed by atoms with E-state index in [-0.39, 0.29) is 80.6 Å². The zero-order valence-corrected chi connectivity index (χ0v) is 63.6. The van der Waals surface area contributed by atoms with Crippen LogP contribution >= 0.6 is 0 Å². The highest BCUT2D eigenvalue weighted by molar-refractivity contribution is 6.15. The number of aliphatic hydroxyl groups is 1. The zero-order valence-electron chi connectivity index (χ0n) is 63.6. The molecular formula is C83H84F2N24O9. The third kappa shape index (κ3) is 16.0. The predicted octanol–water partition coefficient (Wildman–Crippen LogP) is 7.40. The van der Waals surface area contributed by atoms with Crippen molar-refractivity contribution in [3.05, 3.63) is 215 Å². The Morgan fingerprint density at radius 2 is 0.814 bits per heavy atom. The lowest BCUT2D eigenvalue weighted by atomic mass is 10.1.